The zero-order chi connectivity index (χ0) is 17.3. The van der Waals surface area contributed by atoms with Crippen molar-refractivity contribution in [1.82, 2.24) is 4.90 Å². The number of benzene rings is 2. The van der Waals surface area contributed by atoms with E-state index in [0.717, 1.165) is 38.4 Å². The first-order chi connectivity index (χ1) is 12.3. The molecule has 3 heteroatoms. The molecule has 0 aliphatic carbocycles. The summed E-state index contributed by atoms with van der Waals surface area (Å²) < 4.78 is 11.4. The van der Waals surface area contributed by atoms with Crippen LogP contribution in [-0.4, -0.2) is 30.8 Å². The maximum Gasteiger partial charge on any atom is 0.148 e. The zero-order valence-electron chi connectivity index (χ0n) is 14.6. The Hall–Kier alpha value is -2.28. The Morgan fingerprint density at radius 1 is 1.08 bits per heavy atom. The molecule has 2 aromatic rings. The van der Waals surface area contributed by atoms with E-state index in [0.29, 0.717) is 12.7 Å². The lowest BCUT2D eigenvalue weighted by atomic mass is 10.1. The smallest absolute Gasteiger partial charge is 0.148 e. The summed E-state index contributed by atoms with van der Waals surface area (Å²) in [4.78, 5) is 2.45. The molecule has 0 N–H and O–H groups in total. The predicted molar refractivity (Wildman–Crippen MR) is 100 cm³/mol. The molecular formula is C22H25NO2. The lowest BCUT2D eigenvalue weighted by molar-refractivity contribution is 0.0679. The van der Waals surface area contributed by atoms with Gasteiger partial charge in [-0.25, -0.2) is 0 Å². The molecule has 2 aromatic carbocycles. The fourth-order valence-corrected chi connectivity index (χ4v) is 3.22. The van der Waals surface area contributed by atoms with Gasteiger partial charge in [-0.3, -0.25) is 4.90 Å². The molecule has 1 saturated heterocycles. The molecule has 0 spiro atoms. The van der Waals surface area contributed by atoms with Crippen LogP contribution in [0.4, 0.5) is 0 Å². The number of nitrogens with zero attached hydrogens (tertiary/aromatic N) is 1. The highest BCUT2D eigenvalue weighted by Gasteiger charge is 2.19. The molecule has 0 aromatic heterocycles. The van der Waals surface area contributed by atoms with Crippen molar-refractivity contribution < 1.29 is 9.47 Å². The quantitative estimate of drug-likeness (QED) is 0.683. The standard InChI is InChI=1S/C22H25NO2/c1-2-13-24-21-11-6-10-20(15-21)17-23(18-22-12-7-14-25-22)16-19-8-4-3-5-9-19/h1,3-6,8-11,15,22H,7,12-14,16-18H2/t22-/m1/s1. The monoisotopic (exact) mass is 335 g/mol. The Kier molecular flexibility index (Phi) is 6.50. The Bertz CT molecular complexity index is 687. The van der Waals surface area contributed by atoms with Crippen molar-refractivity contribution in [2.24, 2.45) is 0 Å². The van der Waals surface area contributed by atoms with E-state index < -0.39 is 0 Å². The van der Waals surface area contributed by atoms with Gasteiger partial charge in [-0.05, 0) is 36.1 Å². The molecule has 1 aliphatic heterocycles. The van der Waals surface area contributed by atoms with Gasteiger partial charge in [0.15, 0.2) is 0 Å². The Morgan fingerprint density at radius 2 is 1.88 bits per heavy atom. The van der Waals surface area contributed by atoms with Gasteiger partial charge in [0.05, 0.1) is 6.10 Å². The average molecular weight is 335 g/mol. The van der Waals surface area contributed by atoms with Crippen LogP contribution < -0.4 is 4.74 Å². The number of rotatable bonds is 8. The summed E-state index contributed by atoms with van der Waals surface area (Å²) in [7, 11) is 0. The third kappa shape index (κ3) is 5.63. The van der Waals surface area contributed by atoms with Crippen LogP contribution in [0.15, 0.2) is 54.6 Å². The summed E-state index contributed by atoms with van der Waals surface area (Å²) in [5, 5.41) is 0. The topological polar surface area (TPSA) is 21.7 Å². The van der Waals surface area contributed by atoms with Crippen molar-refractivity contribution in [1.29, 1.82) is 0 Å². The predicted octanol–water partition coefficient (Wildman–Crippen LogP) is 3.88. The van der Waals surface area contributed by atoms with Crippen LogP contribution in [0.25, 0.3) is 0 Å². The molecule has 0 bridgehead atoms. The molecule has 0 radical (unpaired) electrons. The van der Waals surface area contributed by atoms with E-state index in [9.17, 15) is 0 Å². The van der Waals surface area contributed by atoms with Crippen LogP contribution >= 0.6 is 0 Å². The SMILES string of the molecule is C#CCOc1cccc(CN(Cc2ccccc2)C[C@H]2CCCO2)c1. The van der Waals surface area contributed by atoms with E-state index in [1.165, 1.54) is 17.5 Å². The second-order valence-corrected chi connectivity index (χ2v) is 6.43. The molecule has 3 rings (SSSR count). The number of hydrogen-bond acceptors (Lipinski definition) is 3. The summed E-state index contributed by atoms with van der Waals surface area (Å²) in [5.41, 5.74) is 2.55. The van der Waals surface area contributed by atoms with Gasteiger partial charge < -0.3 is 9.47 Å². The fraction of sp³-hybridized carbons (Fsp3) is 0.364. The minimum atomic E-state index is 0.299. The van der Waals surface area contributed by atoms with Crippen molar-refractivity contribution in [2.75, 3.05) is 19.8 Å². The van der Waals surface area contributed by atoms with Crippen LogP contribution in [0, 0.1) is 12.3 Å². The van der Waals surface area contributed by atoms with Gasteiger partial charge in [-0.2, -0.15) is 0 Å². The van der Waals surface area contributed by atoms with Gasteiger partial charge in [-0.15, -0.1) is 6.42 Å². The lowest BCUT2D eigenvalue weighted by Crippen LogP contribution is -2.31. The number of terminal acetylenes is 1. The second-order valence-electron chi connectivity index (χ2n) is 6.43. The summed E-state index contributed by atoms with van der Waals surface area (Å²) in [5.74, 6) is 3.33. The minimum Gasteiger partial charge on any atom is -0.481 e. The highest BCUT2D eigenvalue weighted by molar-refractivity contribution is 5.29. The Balaban J connectivity index is 1.68. The highest BCUT2D eigenvalue weighted by atomic mass is 16.5. The van der Waals surface area contributed by atoms with Crippen LogP contribution in [0.2, 0.25) is 0 Å². The van der Waals surface area contributed by atoms with E-state index >= 15 is 0 Å². The van der Waals surface area contributed by atoms with E-state index in [-0.39, 0.29) is 0 Å². The largest absolute Gasteiger partial charge is 0.481 e. The van der Waals surface area contributed by atoms with Crippen molar-refractivity contribution in [3.8, 4) is 18.1 Å². The maximum absolute atomic E-state index is 5.85. The van der Waals surface area contributed by atoms with E-state index in [1.54, 1.807) is 0 Å². The van der Waals surface area contributed by atoms with Gasteiger partial charge >= 0.3 is 0 Å². The van der Waals surface area contributed by atoms with Crippen LogP contribution in [0.3, 0.4) is 0 Å². The van der Waals surface area contributed by atoms with Crippen LogP contribution in [0.5, 0.6) is 5.75 Å². The van der Waals surface area contributed by atoms with Gasteiger partial charge in [0.2, 0.25) is 0 Å². The molecular weight excluding hydrogens is 310 g/mol. The molecule has 3 nitrogen and oxygen atoms in total. The van der Waals surface area contributed by atoms with Crippen LogP contribution in [0.1, 0.15) is 24.0 Å². The Labute approximate surface area is 150 Å². The normalized spacial score (nSPS) is 16.7. The minimum absolute atomic E-state index is 0.299. The summed E-state index contributed by atoms with van der Waals surface area (Å²) >= 11 is 0. The van der Waals surface area contributed by atoms with Crippen molar-refractivity contribution >= 4 is 0 Å². The lowest BCUT2D eigenvalue weighted by Gasteiger charge is -2.25. The first-order valence-corrected chi connectivity index (χ1v) is 8.86. The van der Waals surface area contributed by atoms with Gasteiger partial charge in [0.25, 0.3) is 0 Å². The van der Waals surface area contributed by atoms with Gasteiger partial charge in [0, 0.05) is 26.2 Å². The second kappa shape index (κ2) is 9.27. The summed E-state index contributed by atoms with van der Waals surface area (Å²) in [6, 6.07) is 18.8. The zero-order valence-corrected chi connectivity index (χ0v) is 14.6. The third-order valence-corrected chi connectivity index (χ3v) is 4.36. The van der Waals surface area contributed by atoms with E-state index in [4.69, 9.17) is 15.9 Å². The molecule has 25 heavy (non-hydrogen) atoms. The molecule has 0 saturated carbocycles. The summed E-state index contributed by atoms with van der Waals surface area (Å²) in [6.07, 6.45) is 7.93. The molecule has 130 valence electrons. The van der Waals surface area contributed by atoms with Gasteiger partial charge in [0.1, 0.15) is 12.4 Å². The molecule has 1 heterocycles. The third-order valence-electron chi connectivity index (χ3n) is 4.36. The van der Waals surface area contributed by atoms with Gasteiger partial charge in [-0.1, -0.05) is 48.4 Å². The molecule has 0 unspecified atom stereocenters. The van der Waals surface area contributed by atoms with Crippen molar-refractivity contribution in [3.63, 3.8) is 0 Å². The first-order valence-electron chi connectivity index (χ1n) is 8.86. The Morgan fingerprint density at radius 3 is 2.64 bits per heavy atom. The molecule has 1 atom stereocenters. The van der Waals surface area contributed by atoms with Crippen LogP contribution in [-0.2, 0) is 17.8 Å². The van der Waals surface area contributed by atoms with E-state index in [2.05, 4.69) is 53.3 Å². The molecule has 1 aliphatic rings. The molecule has 1 fully saturated rings. The first kappa shape index (κ1) is 17.5. The highest BCUT2D eigenvalue weighted by Crippen LogP contribution is 2.19. The molecule has 0 amide bonds. The number of ether oxygens (including phenoxy) is 2. The number of hydrogen-bond donors (Lipinski definition) is 0. The summed E-state index contributed by atoms with van der Waals surface area (Å²) in [6.45, 7) is 3.91. The fourth-order valence-electron chi connectivity index (χ4n) is 3.22. The van der Waals surface area contributed by atoms with Crippen molar-refractivity contribution in [3.05, 3.63) is 65.7 Å². The van der Waals surface area contributed by atoms with E-state index in [1.807, 2.05) is 12.1 Å². The maximum atomic E-state index is 5.85. The average Bonchev–Trinajstić information content (AvgIpc) is 3.14. The van der Waals surface area contributed by atoms with Crippen molar-refractivity contribution in [2.45, 2.75) is 32.0 Å².